The Labute approximate surface area is 137 Å². The van der Waals surface area contributed by atoms with Gasteiger partial charge in [-0.25, -0.2) is 4.90 Å². The molecule has 1 saturated heterocycles. The Kier molecular flexibility index (Phi) is 3.98. The molecule has 0 saturated carbocycles. The Balaban J connectivity index is 1.79. The summed E-state index contributed by atoms with van der Waals surface area (Å²) in [5, 5.41) is 3.14. The number of imide groups is 1. The van der Waals surface area contributed by atoms with E-state index in [2.05, 4.69) is 21.2 Å². The van der Waals surface area contributed by atoms with Crippen LogP contribution >= 0.6 is 15.9 Å². The van der Waals surface area contributed by atoms with Crippen LogP contribution in [0.4, 0.5) is 11.4 Å². The molecule has 0 bridgehead atoms. The molecule has 112 valence electrons. The summed E-state index contributed by atoms with van der Waals surface area (Å²) in [4.78, 5) is 25.9. The van der Waals surface area contributed by atoms with Crippen molar-refractivity contribution >= 4 is 39.1 Å². The van der Waals surface area contributed by atoms with E-state index in [9.17, 15) is 9.59 Å². The van der Waals surface area contributed by atoms with Crippen molar-refractivity contribution in [1.29, 1.82) is 0 Å². The van der Waals surface area contributed by atoms with Gasteiger partial charge in [0.15, 0.2) is 0 Å². The number of nitrogens with one attached hydrogen (secondary N) is 1. The van der Waals surface area contributed by atoms with E-state index in [-0.39, 0.29) is 18.2 Å². The lowest BCUT2D eigenvalue weighted by atomic mass is 10.2. The quantitative estimate of drug-likeness (QED) is 0.854. The largest absolute Gasteiger partial charge is 0.373 e. The van der Waals surface area contributed by atoms with Crippen LogP contribution in [0.25, 0.3) is 0 Å². The van der Waals surface area contributed by atoms with Gasteiger partial charge in [-0.1, -0.05) is 33.6 Å². The Morgan fingerprint density at radius 1 is 1.05 bits per heavy atom. The van der Waals surface area contributed by atoms with Gasteiger partial charge in [-0.3, -0.25) is 9.59 Å². The second-order valence-electron chi connectivity index (χ2n) is 5.31. The maximum absolute atomic E-state index is 12.5. The third-order valence-electron chi connectivity index (χ3n) is 3.62. The highest BCUT2D eigenvalue weighted by Gasteiger charge is 2.39. The predicted octanol–water partition coefficient (Wildman–Crippen LogP) is 3.50. The first-order chi connectivity index (χ1) is 10.5. The summed E-state index contributed by atoms with van der Waals surface area (Å²) in [6.45, 7) is 2.00. The van der Waals surface area contributed by atoms with Gasteiger partial charge in [-0.15, -0.1) is 0 Å². The molecule has 1 aliphatic rings. The highest BCUT2D eigenvalue weighted by molar-refractivity contribution is 9.10. The third-order valence-corrected chi connectivity index (χ3v) is 4.15. The Hall–Kier alpha value is -2.14. The van der Waals surface area contributed by atoms with Gasteiger partial charge in [0.25, 0.3) is 5.91 Å². The van der Waals surface area contributed by atoms with Gasteiger partial charge in [0, 0.05) is 10.2 Å². The van der Waals surface area contributed by atoms with Crippen molar-refractivity contribution in [2.75, 3.05) is 10.2 Å². The lowest BCUT2D eigenvalue weighted by Crippen LogP contribution is -2.34. The minimum Gasteiger partial charge on any atom is -0.373 e. The molecule has 22 heavy (non-hydrogen) atoms. The van der Waals surface area contributed by atoms with E-state index in [1.807, 2.05) is 43.3 Å². The zero-order valence-electron chi connectivity index (χ0n) is 12.0. The number of amides is 2. The van der Waals surface area contributed by atoms with Crippen LogP contribution in [0.15, 0.2) is 53.0 Å². The average Bonchev–Trinajstić information content (AvgIpc) is 2.77. The van der Waals surface area contributed by atoms with Gasteiger partial charge >= 0.3 is 0 Å². The standard InChI is InChI=1S/C17H15BrN2O2/c1-11-2-6-13(7-3-11)19-15-10-16(21)20(17(15)22)14-8-4-12(18)5-9-14/h2-9,15,19H,10H2,1H3. The van der Waals surface area contributed by atoms with Crippen LogP contribution in [-0.2, 0) is 9.59 Å². The minimum atomic E-state index is -0.515. The van der Waals surface area contributed by atoms with Crippen LogP contribution in [-0.4, -0.2) is 17.9 Å². The van der Waals surface area contributed by atoms with Gasteiger partial charge in [-0.2, -0.15) is 0 Å². The molecular formula is C17H15BrN2O2. The van der Waals surface area contributed by atoms with Gasteiger partial charge in [0.1, 0.15) is 6.04 Å². The molecule has 1 heterocycles. The molecule has 2 aromatic carbocycles. The van der Waals surface area contributed by atoms with Crippen LogP contribution in [0.2, 0.25) is 0 Å². The number of carbonyl (C=O) groups is 2. The van der Waals surface area contributed by atoms with Crippen molar-refractivity contribution in [1.82, 2.24) is 0 Å². The molecule has 5 heteroatoms. The summed E-state index contributed by atoms with van der Waals surface area (Å²) in [7, 11) is 0. The SMILES string of the molecule is Cc1ccc(NC2CC(=O)N(c3ccc(Br)cc3)C2=O)cc1. The molecule has 0 aliphatic carbocycles. The van der Waals surface area contributed by atoms with Crippen molar-refractivity contribution in [2.45, 2.75) is 19.4 Å². The minimum absolute atomic E-state index is 0.169. The van der Waals surface area contributed by atoms with Crippen LogP contribution in [0, 0.1) is 6.92 Å². The number of carbonyl (C=O) groups excluding carboxylic acids is 2. The van der Waals surface area contributed by atoms with Crippen molar-refractivity contribution < 1.29 is 9.59 Å². The maximum atomic E-state index is 12.5. The molecule has 0 aromatic heterocycles. The molecule has 1 atom stereocenters. The first kappa shape index (κ1) is 14.8. The number of nitrogens with zero attached hydrogens (tertiary/aromatic N) is 1. The number of rotatable bonds is 3. The molecular weight excluding hydrogens is 344 g/mol. The van der Waals surface area contributed by atoms with Crippen molar-refractivity contribution in [2.24, 2.45) is 0 Å². The van der Waals surface area contributed by atoms with Crippen molar-refractivity contribution in [3.63, 3.8) is 0 Å². The summed E-state index contributed by atoms with van der Waals surface area (Å²) >= 11 is 3.35. The maximum Gasteiger partial charge on any atom is 0.256 e. The molecule has 2 aromatic rings. The van der Waals surface area contributed by atoms with Gasteiger partial charge < -0.3 is 5.32 Å². The second-order valence-corrected chi connectivity index (χ2v) is 6.23. The van der Waals surface area contributed by atoms with E-state index in [0.717, 1.165) is 15.7 Å². The number of halogens is 1. The number of anilines is 2. The van der Waals surface area contributed by atoms with E-state index in [1.54, 1.807) is 12.1 Å². The first-order valence-corrected chi connectivity index (χ1v) is 7.79. The fourth-order valence-electron chi connectivity index (χ4n) is 2.46. The molecule has 3 rings (SSSR count). The van der Waals surface area contributed by atoms with Gasteiger partial charge in [0.2, 0.25) is 5.91 Å². The van der Waals surface area contributed by atoms with Crippen LogP contribution in [0.3, 0.4) is 0 Å². The summed E-state index contributed by atoms with van der Waals surface area (Å²) in [5.41, 5.74) is 2.59. The molecule has 2 amide bonds. The van der Waals surface area contributed by atoms with Crippen LogP contribution < -0.4 is 10.2 Å². The second kappa shape index (κ2) is 5.93. The molecule has 1 aliphatic heterocycles. The summed E-state index contributed by atoms with van der Waals surface area (Å²) in [6, 6.07) is 14.4. The highest BCUT2D eigenvalue weighted by Crippen LogP contribution is 2.26. The third kappa shape index (κ3) is 2.90. The Morgan fingerprint density at radius 3 is 2.32 bits per heavy atom. The van der Waals surface area contributed by atoms with E-state index in [0.29, 0.717) is 5.69 Å². The number of hydrogen-bond donors (Lipinski definition) is 1. The number of benzene rings is 2. The van der Waals surface area contributed by atoms with Gasteiger partial charge in [0.05, 0.1) is 12.1 Å². The van der Waals surface area contributed by atoms with Crippen molar-refractivity contribution in [3.8, 4) is 0 Å². The molecule has 4 nitrogen and oxygen atoms in total. The first-order valence-electron chi connectivity index (χ1n) is 7.00. The lowest BCUT2D eigenvalue weighted by Gasteiger charge is -2.16. The van der Waals surface area contributed by atoms with E-state index in [4.69, 9.17) is 0 Å². The smallest absolute Gasteiger partial charge is 0.256 e. The Morgan fingerprint density at radius 2 is 1.68 bits per heavy atom. The van der Waals surface area contributed by atoms with Crippen LogP contribution in [0.1, 0.15) is 12.0 Å². The summed E-state index contributed by atoms with van der Waals surface area (Å²) in [6.07, 6.45) is 0.169. The highest BCUT2D eigenvalue weighted by atomic mass is 79.9. The predicted molar refractivity (Wildman–Crippen MR) is 89.8 cm³/mol. The normalized spacial score (nSPS) is 17.9. The topological polar surface area (TPSA) is 49.4 Å². The van der Waals surface area contributed by atoms with Crippen LogP contribution in [0.5, 0.6) is 0 Å². The zero-order chi connectivity index (χ0) is 15.7. The van der Waals surface area contributed by atoms with Crippen molar-refractivity contribution in [3.05, 3.63) is 58.6 Å². The molecule has 1 N–H and O–H groups in total. The van der Waals surface area contributed by atoms with E-state index in [1.165, 1.54) is 4.90 Å². The lowest BCUT2D eigenvalue weighted by molar-refractivity contribution is -0.121. The van der Waals surface area contributed by atoms with E-state index < -0.39 is 6.04 Å². The van der Waals surface area contributed by atoms with Gasteiger partial charge in [-0.05, 0) is 43.3 Å². The number of aryl methyl sites for hydroxylation is 1. The molecule has 1 unspecified atom stereocenters. The van der Waals surface area contributed by atoms with E-state index >= 15 is 0 Å². The summed E-state index contributed by atoms with van der Waals surface area (Å²) in [5.74, 6) is -0.398. The average molecular weight is 359 g/mol. The zero-order valence-corrected chi connectivity index (χ0v) is 13.6. The molecule has 0 radical (unpaired) electrons. The fraction of sp³-hybridized carbons (Fsp3) is 0.176. The monoisotopic (exact) mass is 358 g/mol. The summed E-state index contributed by atoms with van der Waals surface area (Å²) < 4.78 is 0.907. The Bertz CT molecular complexity index is 710. The molecule has 0 spiro atoms. The molecule has 1 fully saturated rings. The number of hydrogen-bond acceptors (Lipinski definition) is 3. The fourth-order valence-corrected chi connectivity index (χ4v) is 2.72.